The average Bonchev–Trinajstić information content (AvgIpc) is 3.21. The first-order valence-corrected chi connectivity index (χ1v) is 25.4. The molecule has 0 bridgehead atoms. The van der Waals surface area contributed by atoms with Crippen molar-refractivity contribution in [3.63, 3.8) is 0 Å². The molecule has 0 aromatic carbocycles. The van der Waals surface area contributed by atoms with Crippen LogP contribution in [0.3, 0.4) is 0 Å². The normalized spacial score (nSPS) is 13.5. The highest BCUT2D eigenvalue weighted by Gasteiger charge is 2.26. The lowest BCUT2D eigenvalue weighted by Gasteiger charge is -2.20. The van der Waals surface area contributed by atoms with Gasteiger partial charge in [0.15, 0.2) is 6.10 Å². The van der Waals surface area contributed by atoms with Crippen molar-refractivity contribution in [3.05, 3.63) is 36.5 Å². The number of hydrogen-bond acceptors (Lipinski definition) is 8. The summed E-state index contributed by atoms with van der Waals surface area (Å²) in [6.45, 7) is 4.21. The minimum atomic E-state index is -4.35. The van der Waals surface area contributed by atoms with Crippen LogP contribution in [0.2, 0.25) is 0 Å². The monoisotopic (exact) mass is 840 g/mol. The first-order chi connectivity index (χ1) is 28.3. The van der Waals surface area contributed by atoms with Gasteiger partial charge in [0.05, 0.1) is 13.2 Å². The lowest BCUT2D eigenvalue weighted by atomic mass is 10.1. The molecular weight excluding hydrogens is 750 g/mol. The number of ether oxygens (including phenoxy) is 2. The van der Waals surface area contributed by atoms with Gasteiger partial charge in [-0.1, -0.05) is 172 Å². The number of allylic oxidation sites excluding steroid dienone is 6. The Kier molecular flexibility index (Phi) is 43.4. The van der Waals surface area contributed by atoms with E-state index >= 15 is 0 Å². The van der Waals surface area contributed by atoms with E-state index < -0.39 is 26.5 Å². The van der Waals surface area contributed by atoms with Gasteiger partial charge in [-0.25, -0.2) is 4.57 Å². The standard InChI is InChI=1S/C48H90NO8P/c1-4-6-8-10-12-14-16-18-20-22-23-25-26-28-30-32-34-36-38-40-47(50)54-44-46(45-56-58(52,53)55-43-42-49-3)57-48(51)41-39-37-35-33-31-29-27-24-21-19-17-15-13-11-9-7-5-2/h12,14,18-21,46,49H,4-11,13,15-17,22-45H2,1-3H3,(H,52,53)/b14-12-,20-18-,21-19-. The zero-order chi connectivity index (χ0) is 42.5. The fraction of sp³-hybridized carbons (Fsp3) is 0.833. The van der Waals surface area contributed by atoms with Gasteiger partial charge >= 0.3 is 19.8 Å². The molecule has 0 heterocycles. The average molecular weight is 840 g/mol. The van der Waals surface area contributed by atoms with Crippen LogP contribution < -0.4 is 5.32 Å². The minimum Gasteiger partial charge on any atom is -0.462 e. The van der Waals surface area contributed by atoms with Gasteiger partial charge in [-0.05, 0) is 77.7 Å². The van der Waals surface area contributed by atoms with E-state index in [0.717, 1.165) is 51.4 Å². The highest BCUT2D eigenvalue weighted by molar-refractivity contribution is 7.47. The summed E-state index contributed by atoms with van der Waals surface area (Å²) < 4.78 is 33.3. The van der Waals surface area contributed by atoms with E-state index in [0.29, 0.717) is 13.0 Å². The zero-order valence-corrected chi connectivity index (χ0v) is 38.6. The number of nitrogens with one attached hydrogen (secondary N) is 1. The molecule has 2 atom stereocenters. The number of carbonyl (C=O) groups is 2. The van der Waals surface area contributed by atoms with Gasteiger partial charge in [-0.2, -0.15) is 0 Å². The highest BCUT2D eigenvalue weighted by Crippen LogP contribution is 2.43. The molecule has 0 aromatic heterocycles. The van der Waals surface area contributed by atoms with Crippen LogP contribution in [-0.2, 0) is 32.7 Å². The van der Waals surface area contributed by atoms with Crippen LogP contribution in [0.5, 0.6) is 0 Å². The van der Waals surface area contributed by atoms with E-state index in [9.17, 15) is 19.0 Å². The number of phosphoric ester groups is 1. The Labute approximate surface area is 356 Å². The summed E-state index contributed by atoms with van der Waals surface area (Å²) in [5, 5.41) is 2.83. The predicted molar refractivity (Wildman–Crippen MR) is 243 cm³/mol. The largest absolute Gasteiger partial charge is 0.472 e. The summed E-state index contributed by atoms with van der Waals surface area (Å²) in [6.07, 6.45) is 49.0. The van der Waals surface area contributed by atoms with Crippen LogP contribution in [0.4, 0.5) is 0 Å². The molecule has 0 spiro atoms. The van der Waals surface area contributed by atoms with Crippen molar-refractivity contribution in [3.8, 4) is 0 Å². The van der Waals surface area contributed by atoms with E-state index in [4.69, 9.17) is 18.5 Å². The molecule has 0 aromatic rings. The van der Waals surface area contributed by atoms with Gasteiger partial charge in [0.2, 0.25) is 0 Å². The predicted octanol–water partition coefficient (Wildman–Crippen LogP) is 14.0. The lowest BCUT2D eigenvalue weighted by molar-refractivity contribution is -0.161. The van der Waals surface area contributed by atoms with Crippen LogP contribution in [-0.4, -0.2) is 56.3 Å². The van der Waals surface area contributed by atoms with Crippen molar-refractivity contribution in [2.45, 2.75) is 225 Å². The molecule has 0 aliphatic carbocycles. The lowest BCUT2D eigenvalue weighted by Crippen LogP contribution is -2.29. The molecule has 0 fully saturated rings. The number of carbonyl (C=O) groups excluding carboxylic acids is 2. The Morgan fingerprint density at radius 2 is 0.931 bits per heavy atom. The van der Waals surface area contributed by atoms with Gasteiger partial charge < -0.3 is 19.7 Å². The Morgan fingerprint density at radius 3 is 1.41 bits per heavy atom. The molecule has 0 aliphatic rings. The summed E-state index contributed by atoms with van der Waals surface area (Å²) >= 11 is 0. The molecule has 0 radical (unpaired) electrons. The minimum absolute atomic E-state index is 0.0182. The summed E-state index contributed by atoms with van der Waals surface area (Å²) in [7, 11) is -2.65. The Morgan fingerprint density at radius 1 is 0.534 bits per heavy atom. The Balaban J connectivity index is 4.16. The molecule has 0 saturated carbocycles. The number of esters is 2. The molecule has 0 amide bonds. The summed E-state index contributed by atoms with van der Waals surface area (Å²) in [6, 6.07) is 0. The first kappa shape index (κ1) is 56.2. The Bertz CT molecular complexity index is 1050. The number of phosphoric acid groups is 1. The molecule has 10 heteroatoms. The van der Waals surface area contributed by atoms with Gasteiger partial charge in [0.25, 0.3) is 0 Å². The van der Waals surface area contributed by atoms with E-state index in [1.807, 2.05) is 0 Å². The first-order valence-electron chi connectivity index (χ1n) is 23.9. The second-order valence-corrected chi connectivity index (χ2v) is 17.4. The quantitative estimate of drug-likeness (QED) is 0.0267. The van der Waals surface area contributed by atoms with E-state index in [-0.39, 0.29) is 32.0 Å². The molecule has 340 valence electrons. The van der Waals surface area contributed by atoms with Crippen LogP contribution >= 0.6 is 7.82 Å². The van der Waals surface area contributed by atoms with Crippen molar-refractivity contribution >= 4 is 19.8 Å². The SMILES string of the molecule is CCCCC/C=C\C/C=C\CCCCCCCCCCCC(=O)OCC(COP(=O)(O)OCCNC)OC(=O)CCCCCCCCC/C=C\CCCCCCCC. The van der Waals surface area contributed by atoms with Crippen LogP contribution in [0, 0.1) is 0 Å². The molecule has 2 N–H and O–H groups in total. The van der Waals surface area contributed by atoms with Crippen molar-refractivity contribution in [1.82, 2.24) is 5.32 Å². The third kappa shape index (κ3) is 43.8. The number of rotatable bonds is 45. The summed E-state index contributed by atoms with van der Waals surface area (Å²) in [4.78, 5) is 35.2. The molecule has 9 nitrogen and oxygen atoms in total. The fourth-order valence-corrected chi connectivity index (χ4v) is 7.33. The maximum Gasteiger partial charge on any atom is 0.472 e. The summed E-state index contributed by atoms with van der Waals surface area (Å²) in [5.74, 6) is -0.811. The molecular formula is C48H90NO8P. The molecule has 2 unspecified atom stereocenters. The number of unbranched alkanes of at least 4 members (excludes halogenated alkanes) is 25. The second kappa shape index (κ2) is 44.8. The summed E-state index contributed by atoms with van der Waals surface area (Å²) in [5.41, 5.74) is 0. The Hall–Kier alpha value is -1.77. The zero-order valence-electron chi connectivity index (χ0n) is 37.7. The highest BCUT2D eigenvalue weighted by atomic mass is 31.2. The van der Waals surface area contributed by atoms with Crippen molar-refractivity contribution in [1.29, 1.82) is 0 Å². The molecule has 58 heavy (non-hydrogen) atoms. The number of hydrogen-bond donors (Lipinski definition) is 2. The molecule has 0 rings (SSSR count). The maximum absolute atomic E-state index is 12.7. The van der Waals surface area contributed by atoms with E-state index in [1.165, 1.54) is 135 Å². The van der Waals surface area contributed by atoms with Crippen molar-refractivity contribution in [2.75, 3.05) is 33.4 Å². The van der Waals surface area contributed by atoms with Crippen LogP contribution in [0.1, 0.15) is 219 Å². The third-order valence-corrected chi connectivity index (χ3v) is 11.2. The maximum atomic E-state index is 12.7. The smallest absolute Gasteiger partial charge is 0.462 e. The third-order valence-electron chi connectivity index (χ3n) is 10.2. The van der Waals surface area contributed by atoms with Crippen molar-refractivity contribution < 1.29 is 37.6 Å². The fourth-order valence-electron chi connectivity index (χ4n) is 6.58. The van der Waals surface area contributed by atoms with E-state index in [2.05, 4.69) is 55.6 Å². The van der Waals surface area contributed by atoms with E-state index in [1.54, 1.807) is 7.05 Å². The van der Waals surface area contributed by atoms with Gasteiger partial charge in [0.1, 0.15) is 6.61 Å². The van der Waals surface area contributed by atoms with Crippen molar-refractivity contribution in [2.24, 2.45) is 0 Å². The molecule has 0 aliphatic heterocycles. The van der Waals surface area contributed by atoms with Gasteiger partial charge in [-0.3, -0.25) is 18.6 Å². The second-order valence-electron chi connectivity index (χ2n) is 15.9. The van der Waals surface area contributed by atoms with Crippen LogP contribution in [0.25, 0.3) is 0 Å². The van der Waals surface area contributed by atoms with Gasteiger partial charge in [0, 0.05) is 19.4 Å². The van der Waals surface area contributed by atoms with Gasteiger partial charge in [-0.15, -0.1) is 0 Å². The molecule has 0 saturated heterocycles. The number of likely N-dealkylation sites (N-methyl/N-ethyl adjacent to an activating group) is 1. The van der Waals surface area contributed by atoms with Crippen LogP contribution in [0.15, 0.2) is 36.5 Å². The topological polar surface area (TPSA) is 120 Å².